The molecule has 4 fully saturated rings. The summed E-state index contributed by atoms with van der Waals surface area (Å²) in [5, 5.41) is 21.5. The molecule has 5 aliphatic rings. The summed E-state index contributed by atoms with van der Waals surface area (Å²) in [7, 11) is 0. The van der Waals surface area contributed by atoms with E-state index in [0.717, 1.165) is 48.9 Å². The molecule has 2 nitrogen and oxygen atoms in total. The monoisotopic (exact) mass is 442 g/mol. The van der Waals surface area contributed by atoms with Gasteiger partial charge in [-0.3, -0.25) is 0 Å². The molecule has 0 amide bonds. The maximum absolute atomic E-state index is 10.7. The van der Waals surface area contributed by atoms with Crippen LogP contribution >= 0.6 is 0 Å². The molecule has 0 unspecified atom stereocenters. The van der Waals surface area contributed by atoms with Crippen LogP contribution in [0.15, 0.2) is 11.6 Å². The van der Waals surface area contributed by atoms with Crippen molar-refractivity contribution in [1.29, 1.82) is 0 Å². The van der Waals surface area contributed by atoms with Crippen LogP contribution in [0.4, 0.5) is 0 Å². The molecule has 4 saturated carbocycles. The summed E-state index contributed by atoms with van der Waals surface area (Å²) < 4.78 is 0. The van der Waals surface area contributed by atoms with Crippen LogP contribution in [0, 0.1) is 46.3 Å². The van der Waals surface area contributed by atoms with Gasteiger partial charge in [0.2, 0.25) is 0 Å². The first-order chi connectivity index (χ1) is 15.1. The Morgan fingerprint density at radius 1 is 0.938 bits per heavy atom. The smallest absolute Gasteiger partial charge is 0.0657 e. The molecule has 2 heteroatoms. The van der Waals surface area contributed by atoms with Crippen LogP contribution < -0.4 is 0 Å². The summed E-state index contributed by atoms with van der Waals surface area (Å²) in [5.74, 6) is 4.74. The van der Waals surface area contributed by atoms with E-state index in [9.17, 15) is 10.2 Å². The van der Waals surface area contributed by atoms with Crippen LogP contribution in [0.25, 0.3) is 0 Å². The minimum atomic E-state index is -0.488. The van der Waals surface area contributed by atoms with Crippen molar-refractivity contribution >= 4 is 0 Å². The molecule has 0 radical (unpaired) electrons. The number of hydrogen-bond donors (Lipinski definition) is 2. The third kappa shape index (κ3) is 3.84. The average molecular weight is 443 g/mol. The maximum atomic E-state index is 10.7. The van der Waals surface area contributed by atoms with Gasteiger partial charge in [-0.2, -0.15) is 0 Å². The highest BCUT2D eigenvalue weighted by Crippen LogP contribution is 2.67. The molecular weight excluding hydrogens is 392 g/mol. The van der Waals surface area contributed by atoms with E-state index in [4.69, 9.17) is 0 Å². The topological polar surface area (TPSA) is 40.5 Å². The summed E-state index contributed by atoms with van der Waals surface area (Å²) >= 11 is 0. The van der Waals surface area contributed by atoms with Crippen molar-refractivity contribution in [2.45, 2.75) is 129 Å². The van der Waals surface area contributed by atoms with Crippen LogP contribution in [0.1, 0.15) is 118 Å². The second-order valence-corrected chi connectivity index (χ2v) is 13.8. The lowest BCUT2D eigenvalue weighted by Gasteiger charge is -2.59. The van der Waals surface area contributed by atoms with E-state index in [1.165, 1.54) is 70.6 Å². The second-order valence-electron chi connectivity index (χ2n) is 13.8. The fourth-order valence-corrected chi connectivity index (χ4v) is 9.99. The highest BCUT2D eigenvalue weighted by Gasteiger charge is 2.59. The van der Waals surface area contributed by atoms with Crippen LogP contribution in [0.3, 0.4) is 0 Å². The third-order valence-electron chi connectivity index (χ3n) is 12.0. The van der Waals surface area contributed by atoms with Crippen molar-refractivity contribution in [2.24, 2.45) is 46.3 Å². The number of hydrogen-bond acceptors (Lipinski definition) is 2. The molecule has 0 bridgehead atoms. The van der Waals surface area contributed by atoms with Crippen molar-refractivity contribution in [1.82, 2.24) is 0 Å². The number of allylic oxidation sites excluding steroid dienone is 1. The van der Waals surface area contributed by atoms with E-state index in [-0.39, 0.29) is 6.10 Å². The van der Waals surface area contributed by atoms with Crippen LogP contribution in [-0.2, 0) is 0 Å². The van der Waals surface area contributed by atoms with E-state index in [0.29, 0.717) is 16.7 Å². The van der Waals surface area contributed by atoms with E-state index in [1.54, 1.807) is 5.57 Å². The fraction of sp³-hybridized carbons (Fsp3) is 0.933. The number of aliphatic hydroxyl groups is 2. The molecular formula is C30H50O2. The van der Waals surface area contributed by atoms with Gasteiger partial charge in [-0.15, -0.1) is 0 Å². The standard InChI is InChI=1S/C30H50O2/c1-20(9-14-27(31)21-7-5-6-8-21)24-12-13-25-23-11-10-22-19-28(2,32)17-18-29(22,3)26(23)15-16-30(24,25)4/h10,20-21,23-27,31-32H,5-9,11-19H2,1-4H3/t20-,23+,24-,25+,26+,27-,28+,29+,30-/m1/s1. The Morgan fingerprint density at radius 2 is 1.69 bits per heavy atom. The Bertz CT molecular complexity index is 718. The Balaban J connectivity index is 1.27. The van der Waals surface area contributed by atoms with E-state index in [1.807, 2.05) is 6.92 Å². The first-order valence-electron chi connectivity index (χ1n) is 14.2. The van der Waals surface area contributed by atoms with Crippen molar-refractivity contribution in [3.63, 3.8) is 0 Å². The van der Waals surface area contributed by atoms with Gasteiger partial charge in [0.15, 0.2) is 0 Å². The molecule has 0 aromatic carbocycles. The van der Waals surface area contributed by atoms with Gasteiger partial charge in [0.1, 0.15) is 0 Å². The lowest BCUT2D eigenvalue weighted by Crippen LogP contribution is -2.52. The predicted octanol–water partition coefficient (Wildman–Crippen LogP) is 7.28. The molecule has 32 heavy (non-hydrogen) atoms. The fourth-order valence-electron chi connectivity index (χ4n) is 9.99. The van der Waals surface area contributed by atoms with Gasteiger partial charge < -0.3 is 10.2 Å². The molecule has 9 atom stereocenters. The summed E-state index contributed by atoms with van der Waals surface area (Å²) in [6, 6.07) is 0. The highest BCUT2D eigenvalue weighted by molar-refractivity contribution is 5.26. The maximum Gasteiger partial charge on any atom is 0.0657 e. The summed E-state index contributed by atoms with van der Waals surface area (Å²) in [6.07, 6.45) is 19.9. The first kappa shape index (κ1) is 23.4. The van der Waals surface area contributed by atoms with E-state index >= 15 is 0 Å². The molecule has 0 aromatic heterocycles. The Labute approximate surface area is 197 Å². The van der Waals surface area contributed by atoms with Gasteiger partial charge in [0.25, 0.3) is 0 Å². The summed E-state index contributed by atoms with van der Waals surface area (Å²) in [6.45, 7) is 9.76. The lowest BCUT2D eigenvalue weighted by atomic mass is 9.46. The Morgan fingerprint density at radius 3 is 2.44 bits per heavy atom. The SMILES string of the molecule is C[C@H](CC[C@@H](O)C1CCCC1)[C@H]1CC[C@H]2[C@@H]3CC=C4C[C@@](C)(O)CC[C@]4(C)[C@H]3CC[C@]12C. The van der Waals surface area contributed by atoms with Gasteiger partial charge in [0.05, 0.1) is 11.7 Å². The molecule has 0 aliphatic heterocycles. The van der Waals surface area contributed by atoms with Gasteiger partial charge in [-0.25, -0.2) is 0 Å². The second kappa shape index (κ2) is 8.40. The van der Waals surface area contributed by atoms with E-state index < -0.39 is 5.60 Å². The molecule has 5 rings (SSSR count). The Hall–Kier alpha value is -0.340. The first-order valence-corrected chi connectivity index (χ1v) is 14.2. The zero-order valence-electron chi connectivity index (χ0n) is 21.4. The van der Waals surface area contributed by atoms with Gasteiger partial charge >= 0.3 is 0 Å². The lowest BCUT2D eigenvalue weighted by molar-refractivity contribution is -0.0710. The van der Waals surface area contributed by atoms with E-state index in [2.05, 4.69) is 26.8 Å². The molecule has 2 N–H and O–H groups in total. The molecule has 0 heterocycles. The van der Waals surface area contributed by atoms with Crippen LogP contribution in [0.2, 0.25) is 0 Å². The summed E-state index contributed by atoms with van der Waals surface area (Å²) in [5.41, 5.74) is 1.93. The zero-order chi connectivity index (χ0) is 22.7. The van der Waals surface area contributed by atoms with Crippen LogP contribution in [-0.4, -0.2) is 21.9 Å². The number of fused-ring (bicyclic) bond motifs is 5. The molecule has 182 valence electrons. The molecule has 0 saturated heterocycles. The Kier molecular flexibility index (Phi) is 6.14. The molecule has 5 aliphatic carbocycles. The van der Waals surface area contributed by atoms with Gasteiger partial charge in [-0.05, 0) is 130 Å². The van der Waals surface area contributed by atoms with Gasteiger partial charge in [0, 0.05) is 0 Å². The predicted molar refractivity (Wildman–Crippen MR) is 132 cm³/mol. The number of rotatable bonds is 5. The third-order valence-corrected chi connectivity index (χ3v) is 12.0. The van der Waals surface area contributed by atoms with Crippen molar-refractivity contribution in [3.8, 4) is 0 Å². The normalized spacial score (nSPS) is 48.5. The summed E-state index contributed by atoms with van der Waals surface area (Å²) in [4.78, 5) is 0. The number of aliphatic hydroxyl groups excluding tert-OH is 1. The average Bonchev–Trinajstić information content (AvgIpc) is 3.40. The quantitative estimate of drug-likeness (QED) is 0.439. The minimum absolute atomic E-state index is 0.0499. The molecule has 0 spiro atoms. The van der Waals surface area contributed by atoms with Crippen molar-refractivity contribution in [2.75, 3.05) is 0 Å². The minimum Gasteiger partial charge on any atom is -0.393 e. The van der Waals surface area contributed by atoms with Crippen molar-refractivity contribution < 1.29 is 10.2 Å². The highest BCUT2D eigenvalue weighted by atomic mass is 16.3. The van der Waals surface area contributed by atoms with Crippen LogP contribution in [0.5, 0.6) is 0 Å². The molecule has 0 aromatic rings. The van der Waals surface area contributed by atoms with Crippen molar-refractivity contribution in [3.05, 3.63) is 11.6 Å². The zero-order valence-corrected chi connectivity index (χ0v) is 21.4. The largest absolute Gasteiger partial charge is 0.393 e. The van der Waals surface area contributed by atoms with Gasteiger partial charge in [-0.1, -0.05) is 45.3 Å².